The minimum absolute atomic E-state index is 0.0765. The fourth-order valence-corrected chi connectivity index (χ4v) is 5.82. The van der Waals surface area contributed by atoms with Crippen molar-refractivity contribution in [3.05, 3.63) is 46.3 Å². The Kier molecular flexibility index (Phi) is 19.4. The molecule has 0 spiro atoms. The lowest BCUT2D eigenvalue weighted by atomic mass is 9.95. The summed E-state index contributed by atoms with van der Waals surface area (Å²) in [5.74, 6) is -2.22. The van der Waals surface area contributed by atoms with E-state index < -0.39 is 83.0 Å². The number of rotatable bonds is 20. The smallest absolute Gasteiger partial charge is 0.338 e. The molecule has 4 unspecified atom stereocenters. The maximum atomic E-state index is 13.7. The molecule has 53 heavy (non-hydrogen) atoms. The number of nitrogens with zero attached hydrogens (tertiary/aromatic N) is 3. The SMILES string of the molecule is CCCCOCC1O[C@@H](OC2[C@H](OC(C)=O)C(C)O[C@@H](OC(=N)C(Cl)(Cl)Cl)[C@H]2N=[N+]=[N-])[C@@H](OC(=O)c2ccccc2)C(OCCCC)[C@@H]1OCCCC. The van der Waals surface area contributed by atoms with Crippen molar-refractivity contribution in [1.82, 2.24) is 0 Å². The molecule has 18 heteroatoms. The van der Waals surface area contributed by atoms with E-state index in [1.165, 1.54) is 6.92 Å². The fraction of sp³-hybridized carbons (Fsp3) is 0.743. The number of benzene rings is 1. The number of alkyl halides is 3. The van der Waals surface area contributed by atoms with Gasteiger partial charge in [0.15, 0.2) is 18.5 Å². The van der Waals surface area contributed by atoms with Gasteiger partial charge in [0.1, 0.15) is 30.5 Å². The summed E-state index contributed by atoms with van der Waals surface area (Å²) in [5.41, 5.74) is 9.93. The van der Waals surface area contributed by atoms with E-state index in [4.69, 9.17) is 82.8 Å². The molecule has 2 saturated heterocycles. The van der Waals surface area contributed by atoms with E-state index in [9.17, 15) is 15.1 Å². The first-order valence-corrected chi connectivity index (χ1v) is 19.1. The first kappa shape index (κ1) is 45.0. The van der Waals surface area contributed by atoms with Crippen molar-refractivity contribution < 1.29 is 52.2 Å². The van der Waals surface area contributed by atoms with E-state index in [2.05, 4.69) is 10.0 Å². The summed E-state index contributed by atoms with van der Waals surface area (Å²) in [6, 6.07) is 6.91. The maximum Gasteiger partial charge on any atom is 0.338 e. The monoisotopic (exact) mass is 808 g/mol. The number of esters is 2. The van der Waals surface area contributed by atoms with E-state index in [0.717, 1.165) is 32.1 Å². The van der Waals surface area contributed by atoms with Gasteiger partial charge in [-0.05, 0) is 43.9 Å². The van der Waals surface area contributed by atoms with Gasteiger partial charge in [0.05, 0.1) is 18.3 Å². The van der Waals surface area contributed by atoms with Crippen molar-refractivity contribution in [2.75, 3.05) is 26.4 Å². The Morgan fingerprint density at radius 3 is 2.06 bits per heavy atom. The minimum atomic E-state index is -2.29. The number of carbonyl (C=O) groups excluding carboxylic acids is 2. The molecule has 15 nitrogen and oxygen atoms in total. The van der Waals surface area contributed by atoms with Gasteiger partial charge in [-0.3, -0.25) is 10.2 Å². The lowest BCUT2D eigenvalue weighted by Gasteiger charge is -2.49. The molecule has 1 aromatic rings. The fourth-order valence-electron chi connectivity index (χ4n) is 5.69. The normalized spacial score (nSPS) is 28.8. The van der Waals surface area contributed by atoms with Gasteiger partial charge in [0.25, 0.3) is 3.79 Å². The predicted octanol–water partition coefficient (Wildman–Crippen LogP) is 7.23. The van der Waals surface area contributed by atoms with Crippen LogP contribution in [0.4, 0.5) is 0 Å². The van der Waals surface area contributed by atoms with Gasteiger partial charge in [-0.15, -0.1) is 0 Å². The van der Waals surface area contributed by atoms with E-state index in [0.29, 0.717) is 26.2 Å². The number of azide groups is 1. The van der Waals surface area contributed by atoms with Crippen molar-refractivity contribution in [2.45, 2.75) is 138 Å². The molecule has 1 N–H and O–H groups in total. The van der Waals surface area contributed by atoms with Crippen LogP contribution in [0.1, 0.15) is 83.5 Å². The molecule has 0 bridgehead atoms. The quantitative estimate of drug-likeness (QED) is 0.0204. The molecule has 298 valence electrons. The molecule has 3 rings (SSSR count). The summed E-state index contributed by atoms with van der Waals surface area (Å²) in [6.07, 6.45) is -5.50. The van der Waals surface area contributed by atoms with Crippen LogP contribution in [0.3, 0.4) is 0 Å². The summed E-state index contributed by atoms with van der Waals surface area (Å²) in [7, 11) is 0. The molecular formula is C35H51Cl3N4O11. The molecule has 2 fully saturated rings. The van der Waals surface area contributed by atoms with Crippen LogP contribution < -0.4 is 0 Å². The van der Waals surface area contributed by atoms with Gasteiger partial charge in [-0.25, -0.2) is 4.79 Å². The Morgan fingerprint density at radius 2 is 1.47 bits per heavy atom. The van der Waals surface area contributed by atoms with Gasteiger partial charge in [-0.2, -0.15) is 0 Å². The number of unbranched alkanes of at least 4 members (excludes halogenated alkanes) is 3. The Bertz CT molecular complexity index is 1340. The van der Waals surface area contributed by atoms with Crippen LogP contribution in [0.2, 0.25) is 0 Å². The zero-order valence-corrected chi connectivity index (χ0v) is 33.0. The van der Waals surface area contributed by atoms with Gasteiger partial charge in [0.2, 0.25) is 12.2 Å². The lowest BCUT2D eigenvalue weighted by Crippen LogP contribution is -2.66. The number of ether oxygens (including phenoxy) is 9. The topological polar surface area (TPSA) is 190 Å². The van der Waals surface area contributed by atoms with Crippen LogP contribution >= 0.6 is 34.8 Å². The first-order chi connectivity index (χ1) is 25.4. The summed E-state index contributed by atoms with van der Waals surface area (Å²) >= 11 is 17.7. The third-order valence-electron chi connectivity index (χ3n) is 8.40. The first-order valence-electron chi connectivity index (χ1n) is 17.9. The van der Waals surface area contributed by atoms with Crippen LogP contribution in [-0.2, 0) is 47.4 Å². The van der Waals surface area contributed by atoms with Crippen LogP contribution in [0.25, 0.3) is 10.4 Å². The summed E-state index contributed by atoms with van der Waals surface area (Å²) in [4.78, 5) is 29.1. The molecule has 2 aliphatic heterocycles. The number of carbonyl (C=O) groups is 2. The lowest BCUT2D eigenvalue weighted by molar-refractivity contribution is -0.344. The van der Waals surface area contributed by atoms with Crippen LogP contribution in [0.15, 0.2) is 35.4 Å². The predicted molar refractivity (Wildman–Crippen MR) is 196 cm³/mol. The Labute approximate surface area is 325 Å². The third-order valence-corrected chi connectivity index (χ3v) is 8.92. The highest BCUT2D eigenvalue weighted by Gasteiger charge is 2.55. The molecule has 1 aromatic carbocycles. The zero-order chi connectivity index (χ0) is 39.0. The molecule has 2 aliphatic rings. The highest BCUT2D eigenvalue weighted by Crippen LogP contribution is 2.37. The van der Waals surface area contributed by atoms with Crippen molar-refractivity contribution in [1.29, 1.82) is 5.41 Å². The number of hydrogen-bond acceptors (Lipinski definition) is 13. The van der Waals surface area contributed by atoms with E-state index in [1.54, 1.807) is 37.3 Å². The summed E-state index contributed by atoms with van der Waals surface area (Å²) in [6.45, 7) is 10.0. The average molecular weight is 810 g/mol. The van der Waals surface area contributed by atoms with Gasteiger partial charge in [-0.1, -0.05) is 98.1 Å². The van der Waals surface area contributed by atoms with E-state index >= 15 is 0 Å². The molecule has 0 saturated carbocycles. The highest BCUT2D eigenvalue weighted by molar-refractivity contribution is 6.76. The summed E-state index contributed by atoms with van der Waals surface area (Å²) in [5, 5.41) is 12.0. The molecule has 0 aromatic heterocycles. The molecule has 10 atom stereocenters. The van der Waals surface area contributed by atoms with Crippen LogP contribution in [-0.4, -0.2) is 109 Å². The number of hydrogen-bond donors (Lipinski definition) is 1. The average Bonchev–Trinajstić information content (AvgIpc) is 3.11. The Balaban J connectivity index is 2.16. The number of halogens is 3. The summed E-state index contributed by atoms with van der Waals surface area (Å²) < 4.78 is 53.2. The molecule has 0 amide bonds. The number of nitrogens with one attached hydrogen (secondary N) is 1. The van der Waals surface area contributed by atoms with Crippen molar-refractivity contribution in [3.8, 4) is 0 Å². The van der Waals surface area contributed by atoms with Gasteiger partial charge in [0, 0.05) is 31.7 Å². The van der Waals surface area contributed by atoms with Gasteiger partial charge >= 0.3 is 11.9 Å². The Morgan fingerprint density at radius 1 is 0.849 bits per heavy atom. The van der Waals surface area contributed by atoms with Crippen LogP contribution in [0, 0.1) is 5.41 Å². The third kappa shape index (κ3) is 13.7. The second-order valence-corrected chi connectivity index (χ2v) is 14.9. The van der Waals surface area contributed by atoms with Gasteiger partial charge < -0.3 is 42.6 Å². The highest BCUT2D eigenvalue weighted by atomic mass is 35.6. The second-order valence-electron chi connectivity index (χ2n) is 12.6. The minimum Gasteiger partial charge on any atom is -0.457 e. The maximum absolute atomic E-state index is 13.7. The van der Waals surface area contributed by atoms with Crippen molar-refractivity contribution in [3.63, 3.8) is 0 Å². The van der Waals surface area contributed by atoms with E-state index in [1.807, 2.05) is 20.8 Å². The molecule has 2 heterocycles. The molecule has 0 aliphatic carbocycles. The second kappa shape index (κ2) is 22.8. The standard InChI is InChI=1S/C35H51Cl3N4O11/c1-6-9-17-45-20-24-27(46-18-10-7-2)29(47-19-11-8-3)30(51-31(44)23-15-13-12-14-16-23)33(50-24)52-28-25(41-42-40)32(53-34(39)35(36,37)38)48-21(4)26(28)49-22(5)43/h12-16,21,24-30,32-33,39H,6-11,17-20H2,1-5H3/t21?,24?,25-,26+,27+,28?,29?,30-,32-,33-/m0/s1. The largest absolute Gasteiger partial charge is 0.457 e. The van der Waals surface area contributed by atoms with Crippen molar-refractivity contribution >= 4 is 52.6 Å². The molecule has 0 radical (unpaired) electrons. The zero-order valence-electron chi connectivity index (χ0n) is 30.7. The molecular weight excluding hydrogens is 759 g/mol. The van der Waals surface area contributed by atoms with E-state index in [-0.39, 0.29) is 12.2 Å². The van der Waals surface area contributed by atoms with Crippen LogP contribution in [0.5, 0.6) is 0 Å². The van der Waals surface area contributed by atoms with Crippen molar-refractivity contribution in [2.24, 2.45) is 5.11 Å². The Hall–Kier alpha value is -2.43.